The molecule has 2 nitrogen and oxygen atoms in total. The molecule has 0 spiro atoms. The number of hydrogen-bond donors (Lipinski definition) is 1. The molecule has 0 bridgehead atoms. The van der Waals surface area contributed by atoms with Gasteiger partial charge in [0.15, 0.2) is 0 Å². The Morgan fingerprint density at radius 2 is 1.68 bits per heavy atom. The lowest BCUT2D eigenvalue weighted by atomic mass is 9.77. The van der Waals surface area contributed by atoms with E-state index in [9.17, 15) is 4.79 Å². The molecule has 0 heterocycles. The molecular formula is C19H20ClNO. The molecule has 2 atom stereocenters. The zero-order chi connectivity index (χ0) is 15.4. The SMILES string of the molecule is O=C(CCl)NC1CCC(Cc2ccccc2)c2ccccc21. The van der Waals surface area contributed by atoms with Crippen LogP contribution in [0.1, 0.15) is 41.5 Å². The molecule has 114 valence electrons. The Hall–Kier alpha value is -1.80. The third kappa shape index (κ3) is 3.33. The van der Waals surface area contributed by atoms with Crippen LogP contribution in [0.25, 0.3) is 0 Å². The predicted molar refractivity (Wildman–Crippen MR) is 90.2 cm³/mol. The first-order valence-electron chi connectivity index (χ1n) is 7.76. The third-order valence-corrected chi connectivity index (χ3v) is 4.64. The molecule has 0 saturated heterocycles. The van der Waals surface area contributed by atoms with Crippen molar-refractivity contribution in [2.75, 3.05) is 5.88 Å². The van der Waals surface area contributed by atoms with Gasteiger partial charge < -0.3 is 5.32 Å². The molecule has 0 aromatic heterocycles. The van der Waals surface area contributed by atoms with Gasteiger partial charge in [-0.3, -0.25) is 4.79 Å². The van der Waals surface area contributed by atoms with E-state index in [-0.39, 0.29) is 17.8 Å². The summed E-state index contributed by atoms with van der Waals surface area (Å²) in [5.41, 5.74) is 3.97. The van der Waals surface area contributed by atoms with E-state index in [0.29, 0.717) is 5.92 Å². The maximum absolute atomic E-state index is 11.6. The lowest BCUT2D eigenvalue weighted by molar-refractivity contribution is -0.119. The van der Waals surface area contributed by atoms with E-state index >= 15 is 0 Å². The Bertz CT molecular complexity index is 641. The summed E-state index contributed by atoms with van der Waals surface area (Å²) in [7, 11) is 0. The maximum Gasteiger partial charge on any atom is 0.235 e. The summed E-state index contributed by atoms with van der Waals surface area (Å²) in [6.45, 7) is 0. The molecule has 0 saturated carbocycles. The Morgan fingerprint density at radius 3 is 2.41 bits per heavy atom. The van der Waals surface area contributed by atoms with Gasteiger partial charge in [0.1, 0.15) is 5.88 Å². The van der Waals surface area contributed by atoms with Crippen molar-refractivity contribution in [1.29, 1.82) is 0 Å². The highest BCUT2D eigenvalue weighted by Crippen LogP contribution is 2.39. The van der Waals surface area contributed by atoms with Crippen LogP contribution in [-0.2, 0) is 11.2 Å². The number of nitrogens with one attached hydrogen (secondary N) is 1. The quantitative estimate of drug-likeness (QED) is 0.842. The normalized spacial score (nSPS) is 20.2. The molecule has 0 radical (unpaired) electrons. The zero-order valence-electron chi connectivity index (χ0n) is 12.5. The van der Waals surface area contributed by atoms with E-state index in [4.69, 9.17) is 11.6 Å². The van der Waals surface area contributed by atoms with Crippen LogP contribution in [0.3, 0.4) is 0 Å². The van der Waals surface area contributed by atoms with Crippen molar-refractivity contribution in [3.05, 3.63) is 71.3 Å². The summed E-state index contributed by atoms with van der Waals surface area (Å²) in [4.78, 5) is 11.6. The van der Waals surface area contributed by atoms with Crippen LogP contribution in [0.5, 0.6) is 0 Å². The van der Waals surface area contributed by atoms with Crippen molar-refractivity contribution in [3.8, 4) is 0 Å². The topological polar surface area (TPSA) is 29.1 Å². The largest absolute Gasteiger partial charge is 0.348 e. The smallest absolute Gasteiger partial charge is 0.235 e. The van der Waals surface area contributed by atoms with Crippen LogP contribution in [0, 0.1) is 0 Å². The Balaban J connectivity index is 1.83. The summed E-state index contributed by atoms with van der Waals surface area (Å²) in [6.07, 6.45) is 3.10. The van der Waals surface area contributed by atoms with Gasteiger partial charge >= 0.3 is 0 Å². The molecule has 0 aliphatic heterocycles. The highest BCUT2D eigenvalue weighted by molar-refractivity contribution is 6.27. The van der Waals surface area contributed by atoms with Gasteiger partial charge in [0.2, 0.25) is 5.91 Å². The molecule has 2 unspecified atom stereocenters. The Morgan fingerprint density at radius 1 is 1.00 bits per heavy atom. The van der Waals surface area contributed by atoms with Gasteiger partial charge in [0, 0.05) is 0 Å². The molecule has 3 rings (SSSR count). The number of carbonyl (C=O) groups excluding carboxylic acids is 1. The summed E-state index contributed by atoms with van der Waals surface area (Å²) < 4.78 is 0. The van der Waals surface area contributed by atoms with Gasteiger partial charge in [-0.15, -0.1) is 11.6 Å². The fourth-order valence-electron chi connectivity index (χ4n) is 3.37. The third-order valence-electron chi connectivity index (χ3n) is 4.40. The van der Waals surface area contributed by atoms with Crippen LogP contribution in [0.4, 0.5) is 0 Å². The summed E-state index contributed by atoms with van der Waals surface area (Å²) in [6, 6.07) is 19.2. The summed E-state index contributed by atoms with van der Waals surface area (Å²) in [5, 5.41) is 3.04. The monoisotopic (exact) mass is 313 g/mol. The van der Waals surface area contributed by atoms with E-state index in [1.807, 2.05) is 6.07 Å². The molecule has 2 aromatic rings. The van der Waals surface area contributed by atoms with E-state index in [0.717, 1.165) is 19.3 Å². The van der Waals surface area contributed by atoms with Crippen LogP contribution in [0.2, 0.25) is 0 Å². The first kappa shape index (κ1) is 15.1. The molecular weight excluding hydrogens is 294 g/mol. The van der Waals surface area contributed by atoms with E-state index in [1.54, 1.807) is 0 Å². The number of amides is 1. The van der Waals surface area contributed by atoms with E-state index in [1.165, 1.54) is 16.7 Å². The summed E-state index contributed by atoms with van der Waals surface area (Å²) >= 11 is 5.62. The van der Waals surface area contributed by atoms with Crippen molar-refractivity contribution in [2.45, 2.75) is 31.2 Å². The highest BCUT2D eigenvalue weighted by Gasteiger charge is 2.27. The van der Waals surface area contributed by atoms with Gasteiger partial charge in [-0.25, -0.2) is 0 Å². The zero-order valence-corrected chi connectivity index (χ0v) is 13.2. The van der Waals surface area contributed by atoms with E-state index < -0.39 is 0 Å². The number of hydrogen-bond acceptors (Lipinski definition) is 1. The van der Waals surface area contributed by atoms with Gasteiger partial charge in [-0.1, -0.05) is 54.6 Å². The number of fused-ring (bicyclic) bond motifs is 1. The van der Waals surface area contributed by atoms with Crippen LogP contribution in [-0.4, -0.2) is 11.8 Å². The fraction of sp³-hybridized carbons (Fsp3) is 0.316. The lowest BCUT2D eigenvalue weighted by Gasteiger charge is -2.32. The minimum absolute atomic E-state index is 0.0200. The number of halogens is 1. The number of alkyl halides is 1. The Labute approximate surface area is 136 Å². The highest BCUT2D eigenvalue weighted by atomic mass is 35.5. The second-order valence-corrected chi connectivity index (χ2v) is 6.11. The second-order valence-electron chi connectivity index (χ2n) is 5.85. The summed E-state index contributed by atoms with van der Waals surface area (Å²) in [5.74, 6) is 0.442. The Kier molecular flexibility index (Phi) is 4.79. The molecule has 0 fully saturated rings. The molecule has 1 aliphatic rings. The molecule has 2 aromatic carbocycles. The van der Waals surface area contributed by atoms with Crippen molar-refractivity contribution >= 4 is 17.5 Å². The minimum Gasteiger partial charge on any atom is -0.348 e. The van der Waals surface area contributed by atoms with Crippen molar-refractivity contribution < 1.29 is 4.79 Å². The molecule has 22 heavy (non-hydrogen) atoms. The fourth-order valence-corrected chi connectivity index (χ4v) is 3.45. The van der Waals surface area contributed by atoms with Crippen LogP contribution >= 0.6 is 11.6 Å². The lowest BCUT2D eigenvalue weighted by Crippen LogP contribution is -2.32. The van der Waals surface area contributed by atoms with Crippen LogP contribution < -0.4 is 5.32 Å². The first-order valence-corrected chi connectivity index (χ1v) is 8.29. The van der Waals surface area contributed by atoms with Crippen molar-refractivity contribution in [1.82, 2.24) is 5.32 Å². The van der Waals surface area contributed by atoms with Crippen molar-refractivity contribution in [2.24, 2.45) is 0 Å². The average Bonchev–Trinajstić information content (AvgIpc) is 2.58. The predicted octanol–water partition coefficient (Wildman–Crippen LogP) is 4.20. The molecule has 1 N–H and O–H groups in total. The second kappa shape index (κ2) is 6.97. The van der Waals surface area contributed by atoms with E-state index in [2.05, 4.69) is 53.8 Å². The molecule has 1 aliphatic carbocycles. The maximum atomic E-state index is 11.6. The van der Waals surface area contributed by atoms with Crippen LogP contribution in [0.15, 0.2) is 54.6 Å². The average molecular weight is 314 g/mol. The number of benzene rings is 2. The van der Waals surface area contributed by atoms with Crippen molar-refractivity contribution in [3.63, 3.8) is 0 Å². The minimum atomic E-state index is -0.0945. The first-order chi connectivity index (χ1) is 10.8. The molecule has 1 amide bonds. The molecule has 3 heteroatoms. The van der Waals surface area contributed by atoms with Gasteiger partial charge in [0.25, 0.3) is 0 Å². The number of rotatable bonds is 4. The number of carbonyl (C=O) groups is 1. The van der Waals surface area contributed by atoms with Gasteiger partial charge in [-0.05, 0) is 41.9 Å². The standard InChI is InChI=1S/C19H20ClNO/c20-13-19(22)21-18-11-10-15(12-14-6-2-1-3-7-14)16-8-4-5-9-17(16)18/h1-9,15,18H,10-13H2,(H,21,22). The van der Waals surface area contributed by atoms with Gasteiger partial charge in [0.05, 0.1) is 6.04 Å². The van der Waals surface area contributed by atoms with Gasteiger partial charge in [-0.2, -0.15) is 0 Å².